The quantitative estimate of drug-likeness (QED) is 0.591. The van der Waals surface area contributed by atoms with Gasteiger partial charge in [0.15, 0.2) is 0 Å². The van der Waals surface area contributed by atoms with Gasteiger partial charge < -0.3 is 16.0 Å². The molecule has 6 heteroatoms. The maximum Gasteiger partial charge on any atom is 0.253 e. The molecule has 0 heterocycles. The third-order valence-electron chi connectivity index (χ3n) is 3.99. The monoisotopic (exact) mass is 449 g/mol. The van der Waals surface area contributed by atoms with Crippen LogP contribution >= 0.6 is 22.6 Å². The lowest BCUT2D eigenvalue weighted by Gasteiger charge is -2.13. The Morgan fingerprint density at radius 1 is 1.12 bits per heavy atom. The normalized spacial score (nSPS) is 13.2. The SMILES string of the molecule is Cc1cc(I)ccc1NC(=O)CNc1ccccc1C(=O)NC1CC1. The van der Waals surface area contributed by atoms with E-state index in [2.05, 4.69) is 38.5 Å². The summed E-state index contributed by atoms with van der Waals surface area (Å²) in [6, 6.07) is 13.4. The minimum absolute atomic E-state index is 0.0964. The third-order valence-corrected chi connectivity index (χ3v) is 4.66. The van der Waals surface area contributed by atoms with E-state index in [-0.39, 0.29) is 18.4 Å². The van der Waals surface area contributed by atoms with Crippen LogP contribution in [0.1, 0.15) is 28.8 Å². The summed E-state index contributed by atoms with van der Waals surface area (Å²) in [5.74, 6) is -0.249. The molecule has 3 N–H and O–H groups in total. The number of amides is 2. The molecule has 0 unspecified atom stereocenters. The maximum absolute atomic E-state index is 12.3. The van der Waals surface area contributed by atoms with Crippen LogP contribution < -0.4 is 16.0 Å². The molecule has 2 aromatic carbocycles. The highest BCUT2D eigenvalue weighted by atomic mass is 127. The van der Waals surface area contributed by atoms with Gasteiger partial charge in [0.1, 0.15) is 0 Å². The Bertz CT molecular complexity index is 803. The average molecular weight is 449 g/mol. The van der Waals surface area contributed by atoms with Crippen molar-refractivity contribution in [2.75, 3.05) is 17.2 Å². The molecule has 3 rings (SSSR count). The highest BCUT2D eigenvalue weighted by Gasteiger charge is 2.24. The lowest BCUT2D eigenvalue weighted by Crippen LogP contribution is -2.27. The Morgan fingerprint density at radius 2 is 1.88 bits per heavy atom. The van der Waals surface area contributed by atoms with Crippen molar-refractivity contribution in [2.45, 2.75) is 25.8 Å². The molecule has 1 aliphatic carbocycles. The molecule has 1 saturated carbocycles. The standard InChI is InChI=1S/C19H20IN3O2/c1-12-10-13(20)6-9-16(12)23-18(24)11-21-17-5-3-2-4-15(17)19(25)22-14-7-8-14/h2-6,9-10,14,21H,7-8,11H2,1H3,(H,22,25)(H,23,24). The molecule has 0 saturated heterocycles. The predicted molar refractivity (Wildman–Crippen MR) is 108 cm³/mol. The average Bonchev–Trinajstić information content (AvgIpc) is 3.40. The van der Waals surface area contributed by atoms with Crippen LogP contribution in [0.4, 0.5) is 11.4 Å². The van der Waals surface area contributed by atoms with Crippen molar-refractivity contribution in [3.8, 4) is 0 Å². The van der Waals surface area contributed by atoms with Crippen LogP contribution in [0.2, 0.25) is 0 Å². The number of anilines is 2. The van der Waals surface area contributed by atoms with Gasteiger partial charge in [0.05, 0.1) is 12.1 Å². The van der Waals surface area contributed by atoms with Gasteiger partial charge in [0.25, 0.3) is 5.91 Å². The summed E-state index contributed by atoms with van der Waals surface area (Å²) < 4.78 is 1.13. The van der Waals surface area contributed by atoms with Gasteiger partial charge in [-0.3, -0.25) is 9.59 Å². The Hall–Kier alpha value is -2.09. The molecule has 0 radical (unpaired) electrons. The summed E-state index contributed by atoms with van der Waals surface area (Å²) in [4.78, 5) is 24.5. The van der Waals surface area contributed by atoms with Crippen molar-refractivity contribution in [3.05, 3.63) is 57.2 Å². The van der Waals surface area contributed by atoms with Gasteiger partial charge in [-0.25, -0.2) is 0 Å². The maximum atomic E-state index is 12.3. The van der Waals surface area contributed by atoms with Crippen LogP contribution in [0.3, 0.4) is 0 Å². The van der Waals surface area contributed by atoms with E-state index >= 15 is 0 Å². The number of nitrogens with one attached hydrogen (secondary N) is 3. The summed E-state index contributed by atoms with van der Waals surface area (Å²) in [5, 5.41) is 8.93. The topological polar surface area (TPSA) is 70.2 Å². The van der Waals surface area contributed by atoms with Gasteiger partial charge >= 0.3 is 0 Å². The number of hydrogen-bond donors (Lipinski definition) is 3. The van der Waals surface area contributed by atoms with Crippen molar-refractivity contribution < 1.29 is 9.59 Å². The molecule has 5 nitrogen and oxygen atoms in total. The van der Waals surface area contributed by atoms with Crippen molar-refractivity contribution in [1.29, 1.82) is 0 Å². The van der Waals surface area contributed by atoms with E-state index in [1.165, 1.54) is 0 Å². The first kappa shape index (κ1) is 17.7. The molecule has 0 spiro atoms. The fourth-order valence-electron chi connectivity index (χ4n) is 2.46. The molecule has 25 heavy (non-hydrogen) atoms. The van der Waals surface area contributed by atoms with Crippen molar-refractivity contribution in [3.63, 3.8) is 0 Å². The van der Waals surface area contributed by atoms with Crippen LogP contribution in [0.15, 0.2) is 42.5 Å². The van der Waals surface area contributed by atoms with Gasteiger partial charge in [-0.05, 0) is 78.3 Å². The lowest BCUT2D eigenvalue weighted by atomic mass is 10.1. The van der Waals surface area contributed by atoms with Crippen molar-refractivity contribution in [2.24, 2.45) is 0 Å². The first-order valence-electron chi connectivity index (χ1n) is 8.22. The van der Waals surface area contributed by atoms with Gasteiger partial charge in [0.2, 0.25) is 5.91 Å². The van der Waals surface area contributed by atoms with E-state index < -0.39 is 0 Å². The number of benzene rings is 2. The van der Waals surface area contributed by atoms with Crippen molar-refractivity contribution in [1.82, 2.24) is 5.32 Å². The molecular weight excluding hydrogens is 429 g/mol. The molecule has 2 aromatic rings. The van der Waals surface area contributed by atoms with E-state index in [0.717, 1.165) is 27.7 Å². The highest BCUT2D eigenvalue weighted by molar-refractivity contribution is 14.1. The molecular formula is C19H20IN3O2. The fourth-order valence-corrected chi connectivity index (χ4v) is 3.11. The molecule has 0 atom stereocenters. The number of carbonyl (C=O) groups excluding carboxylic acids is 2. The van der Waals surface area contributed by atoms with E-state index in [9.17, 15) is 9.59 Å². The Balaban J connectivity index is 1.61. The summed E-state index contributed by atoms with van der Waals surface area (Å²) in [6.07, 6.45) is 2.08. The molecule has 0 aromatic heterocycles. The lowest BCUT2D eigenvalue weighted by molar-refractivity contribution is -0.114. The van der Waals surface area contributed by atoms with Crippen molar-refractivity contribution >= 4 is 45.8 Å². The second-order valence-corrected chi connectivity index (χ2v) is 7.40. The van der Waals surface area contributed by atoms with Crippen LogP contribution in [-0.4, -0.2) is 24.4 Å². The fraction of sp³-hybridized carbons (Fsp3) is 0.263. The zero-order valence-corrected chi connectivity index (χ0v) is 16.1. The van der Waals surface area contributed by atoms with Crippen LogP contribution in [0.25, 0.3) is 0 Å². The first-order chi connectivity index (χ1) is 12.0. The van der Waals surface area contributed by atoms with E-state index in [1.54, 1.807) is 6.07 Å². The highest BCUT2D eigenvalue weighted by Crippen LogP contribution is 2.22. The number of hydrogen-bond acceptors (Lipinski definition) is 3. The largest absolute Gasteiger partial charge is 0.376 e. The third kappa shape index (κ3) is 4.94. The number of carbonyl (C=O) groups is 2. The number of para-hydroxylation sites is 1. The summed E-state index contributed by atoms with van der Waals surface area (Å²) in [6.45, 7) is 2.06. The van der Waals surface area contributed by atoms with Crippen LogP contribution in [0.5, 0.6) is 0 Å². The molecule has 1 aliphatic rings. The van der Waals surface area contributed by atoms with E-state index in [0.29, 0.717) is 17.3 Å². The molecule has 1 fully saturated rings. The van der Waals surface area contributed by atoms with Gasteiger partial charge in [-0.1, -0.05) is 12.1 Å². The molecule has 0 bridgehead atoms. The number of halogens is 1. The van der Waals surface area contributed by atoms with E-state index in [4.69, 9.17) is 0 Å². The second kappa shape index (κ2) is 7.86. The molecule has 2 amide bonds. The van der Waals surface area contributed by atoms with E-state index in [1.807, 2.05) is 43.3 Å². The minimum atomic E-state index is -0.151. The Kier molecular flexibility index (Phi) is 5.57. The zero-order chi connectivity index (χ0) is 17.8. The summed E-state index contributed by atoms with van der Waals surface area (Å²) in [7, 11) is 0. The van der Waals surface area contributed by atoms with Gasteiger partial charge in [-0.2, -0.15) is 0 Å². The molecule has 0 aliphatic heterocycles. The predicted octanol–water partition coefficient (Wildman–Crippen LogP) is 3.54. The summed E-state index contributed by atoms with van der Waals surface area (Å²) in [5.41, 5.74) is 3.04. The number of rotatable bonds is 6. The summed E-state index contributed by atoms with van der Waals surface area (Å²) >= 11 is 2.24. The zero-order valence-electron chi connectivity index (χ0n) is 13.9. The Morgan fingerprint density at radius 3 is 2.60 bits per heavy atom. The van der Waals surface area contributed by atoms with Gasteiger partial charge in [-0.15, -0.1) is 0 Å². The first-order valence-corrected chi connectivity index (χ1v) is 9.30. The van der Waals surface area contributed by atoms with Crippen LogP contribution in [-0.2, 0) is 4.79 Å². The second-order valence-electron chi connectivity index (χ2n) is 6.15. The van der Waals surface area contributed by atoms with Crippen LogP contribution in [0, 0.1) is 10.5 Å². The molecule has 130 valence electrons. The minimum Gasteiger partial charge on any atom is -0.376 e. The Labute approximate surface area is 160 Å². The number of aryl methyl sites for hydroxylation is 1. The smallest absolute Gasteiger partial charge is 0.253 e. The van der Waals surface area contributed by atoms with Gasteiger partial charge in [0, 0.05) is 21.0 Å².